The van der Waals surface area contributed by atoms with Crippen molar-refractivity contribution in [3.63, 3.8) is 0 Å². The van der Waals surface area contributed by atoms with Crippen LogP contribution in [-0.2, 0) is 4.79 Å². The highest BCUT2D eigenvalue weighted by atomic mass is 35.5. The summed E-state index contributed by atoms with van der Waals surface area (Å²) in [6, 6.07) is 0. The molecule has 0 spiro atoms. The average Bonchev–Trinajstić information content (AvgIpc) is 2.17. The molecule has 0 aliphatic heterocycles. The molecule has 1 saturated carbocycles. The second kappa shape index (κ2) is 5.68. The van der Waals surface area contributed by atoms with E-state index in [1.165, 1.54) is 0 Å². The number of hydrogen-bond donors (Lipinski definition) is 3. The normalized spacial score (nSPS) is 22.3. The maximum atomic E-state index is 10.8. The van der Waals surface area contributed by atoms with E-state index >= 15 is 0 Å². The van der Waals surface area contributed by atoms with Gasteiger partial charge in [0, 0.05) is 0 Å². The van der Waals surface area contributed by atoms with E-state index in [0.29, 0.717) is 6.42 Å². The first-order valence-electron chi connectivity index (χ1n) is 5.34. The molecule has 1 fully saturated rings. The zero-order chi connectivity index (χ0) is 11.3. The Morgan fingerprint density at radius 1 is 1.40 bits per heavy atom. The molecule has 0 bridgehead atoms. The summed E-state index contributed by atoms with van der Waals surface area (Å²) in [5, 5.41) is 18.3. The van der Waals surface area contributed by atoms with Crippen LogP contribution >= 0.6 is 11.8 Å². The Hall–Kier alpha value is -0.320. The quantitative estimate of drug-likeness (QED) is 0.503. The smallest absolute Gasteiger partial charge is 0.303 e. The van der Waals surface area contributed by atoms with Gasteiger partial charge in [0.05, 0.1) is 6.42 Å². The van der Waals surface area contributed by atoms with Gasteiger partial charge in [-0.1, -0.05) is 19.3 Å². The molecule has 1 aliphatic carbocycles. The van der Waals surface area contributed by atoms with Gasteiger partial charge in [-0.2, -0.15) is 0 Å². The lowest BCUT2D eigenvalue weighted by Crippen LogP contribution is -2.35. The number of carbonyl (C=O) groups is 1. The summed E-state index contributed by atoms with van der Waals surface area (Å²) in [4.78, 5) is 13.1. The van der Waals surface area contributed by atoms with Crippen LogP contribution in [0.15, 0.2) is 0 Å². The molecule has 0 amide bonds. The Morgan fingerprint density at radius 2 is 2.00 bits per heavy atom. The molecule has 3 N–H and O–H groups in total. The summed E-state index contributed by atoms with van der Waals surface area (Å²) in [5.74, 6) is -0.793. The first-order valence-corrected chi connectivity index (χ1v) is 5.72. The summed E-state index contributed by atoms with van der Waals surface area (Å²) < 4.78 is 0. The van der Waals surface area contributed by atoms with E-state index in [1.807, 2.05) is 0 Å². The minimum absolute atomic E-state index is 0.128. The molecule has 0 radical (unpaired) electrons. The number of halogens is 1. The van der Waals surface area contributed by atoms with E-state index in [9.17, 15) is 9.90 Å². The van der Waals surface area contributed by atoms with Crippen molar-refractivity contribution in [2.45, 2.75) is 51.2 Å². The molecule has 1 atom stereocenters. The van der Waals surface area contributed by atoms with E-state index in [0.717, 1.165) is 32.1 Å². The molecule has 0 heterocycles. The number of aliphatic carboxylic acids is 1. The highest BCUT2D eigenvalue weighted by Gasteiger charge is 2.36. The largest absolute Gasteiger partial charge is 0.481 e. The topological polar surface area (TPSA) is 69.6 Å². The van der Waals surface area contributed by atoms with Gasteiger partial charge >= 0.3 is 5.97 Å². The monoisotopic (exact) mass is 235 g/mol. The maximum absolute atomic E-state index is 10.8. The number of aliphatic hydroxyl groups excluding tert-OH is 1. The molecular formula is C10H18ClNO3. The van der Waals surface area contributed by atoms with Gasteiger partial charge in [-0.25, -0.2) is 4.84 Å². The van der Waals surface area contributed by atoms with Gasteiger partial charge in [-0.3, -0.25) is 4.79 Å². The highest BCUT2D eigenvalue weighted by molar-refractivity contribution is 6.13. The fourth-order valence-corrected chi connectivity index (χ4v) is 2.60. The van der Waals surface area contributed by atoms with Crippen LogP contribution in [0.4, 0.5) is 0 Å². The number of carboxylic acid groups (broad SMARTS) is 1. The minimum atomic E-state index is -0.816. The van der Waals surface area contributed by atoms with Gasteiger partial charge in [0.25, 0.3) is 0 Å². The standard InChI is InChI=1S/C10H18ClNO3/c11-12-8(13)6-10(7-9(14)15)4-2-1-3-5-10/h8,12-13H,1-7H2,(H,14,15). The third-order valence-electron chi connectivity index (χ3n) is 3.19. The molecular weight excluding hydrogens is 218 g/mol. The van der Waals surface area contributed by atoms with Gasteiger partial charge in [-0.05, 0) is 36.5 Å². The molecule has 1 unspecified atom stereocenters. The molecule has 5 heteroatoms. The third-order valence-corrected chi connectivity index (χ3v) is 3.44. The van der Waals surface area contributed by atoms with E-state index in [4.69, 9.17) is 16.9 Å². The van der Waals surface area contributed by atoms with Crippen LogP contribution in [-0.4, -0.2) is 22.4 Å². The van der Waals surface area contributed by atoms with Gasteiger partial charge < -0.3 is 10.2 Å². The third kappa shape index (κ3) is 3.97. The van der Waals surface area contributed by atoms with Crippen LogP contribution in [0.5, 0.6) is 0 Å². The minimum Gasteiger partial charge on any atom is -0.481 e. The fraction of sp³-hybridized carbons (Fsp3) is 0.900. The molecule has 88 valence electrons. The van der Waals surface area contributed by atoms with Gasteiger partial charge in [0.1, 0.15) is 6.23 Å². The van der Waals surface area contributed by atoms with Crippen LogP contribution in [0.3, 0.4) is 0 Å². The van der Waals surface area contributed by atoms with Crippen LogP contribution in [0.25, 0.3) is 0 Å². The van der Waals surface area contributed by atoms with Crippen molar-refractivity contribution in [1.29, 1.82) is 0 Å². The first-order chi connectivity index (χ1) is 7.08. The van der Waals surface area contributed by atoms with Crippen LogP contribution < -0.4 is 4.84 Å². The molecule has 15 heavy (non-hydrogen) atoms. The van der Waals surface area contributed by atoms with Crippen LogP contribution in [0, 0.1) is 5.41 Å². The Kier molecular flexibility index (Phi) is 4.83. The molecule has 0 aromatic heterocycles. The molecule has 0 aromatic rings. The number of hydrogen-bond acceptors (Lipinski definition) is 3. The van der Waals surface area contributed by atoms with Crippen molar-refractivity contribution < 1.29 is 15.0 Å². The highest BCUT2D eigenvalue weighted by Crippen LogP contribution is 2.42. The lowest BCUT2D eigenvalue weighted by molar-refractivity contribution is -0.141. The van der Waals surface area contributed by atoms with Crippen molar-refractivity contribution in [1.82, 2.24) is 4.84 Å². The molecule has 4 nitrogen and oxygen atoms in total. The summed E-state index contributed by atoms with van der Waals surface area (Å²) >= 11 is 5.32. The molecule has 1 rings (SSSR count). The number of rotatable bonds is 5. The van der Waals surface area contributed by atoms with Gasteiger partial charge in [-0.15, -0.1) is 0 Å². The van der Waals surface area contributed by atoms with Gasteiger partial charge in [0.15, 0.2) is 0 Å². The van der Waals surface area contributed by atoms with Crippen molar-refractivity contribution in [3.8, 4) is 0 Å². The van der Waals surface area contributed by atoms with Crippen LogP contribution in [0.2, 0.25) is 0 Å². The summed E-state index contributed by atoms with van der Waals surface area (Å²) in [6.45, 7) is 0. The first kappa shape index (κ1) is 12.7. The second-order valence-corrected chi connectivity index (χ2v) is 4.68. The van der Waals surface area contributed by atoms with Crippen molar-refractivity contribution >= 4 is 17.7 Å². The fourth-order valence-electron chi connectivity index (χ4n) is 2.52. The summed E-state index contributed by atoms with van der Waals surface area (Å²) in [5.41, 5.74) is -0.272. The lowest BCUT2D eigenvalue weighted by Gasteiger charge is -2.37. The predicted molar refractivity (Wildman–Crippen MR) is 57.4 cm³/mol. The Balaban J connectivity index is 2.61. The molecule has 1 aliphatic rings. The Morgan fingerprint density at radius 3 is 2.47 bits per heavy atom. The molecule has 0 saturated heterocycles. The Labute approximate surface area is 94.7 Å². The van der Waals surface area contributed by atoms with E-state index in [1.54, 1.807) is 0 Å². The lowest BCUT2D eigenvalue weighted by atomic mass is 9.69. The van der Waals surface area contributed by atoms with Crippen molar-refractivity contribution in [2.75, 3.05) is 0 Å². The van der Waals surface area contributed by atoms with E-state index in [2.05, 4.69) is 4.84 Å². The van der Waals surface area contributed by atoms with Crippen LogP contribution in [0.1, 0.15) is 44.9 Å². The van der Waals surface area contributed by atoms with E-state index < -0.39 is 12.2 Å². The second-order valence-electron chi connectivity index (χ2n) is 4.46. The summed E-state index contributed by atoms with van der Waals surface area (Å²) in [7, 11) is 0. The zero-order valence-electron chi connectivity index (χ0n) is 8.71. The predicted octanol–water partition coefficient (Wildman–Crippen LogP) is 1.86. The SMILES string of the molecule is O=C(O)CC1(CC(O)NCl)CCCCC1. The number of carboxylic acids is 1. The average molecular weight is 236 g/mol. The number of nitrogens with one attached hydrogen (secondary N) is 1. The Bertz CT molecular complexity index is 217. The van der Waals surface area contributed by atoms with Crippen molar-refractivity contribution in [2.24, 2.45) is 5.41 Å². The maximum Gasteiger partial charge on any atom is 0.303 e. The zero-order valence-corrected chi connectivity index (χ0v) is 9.46. The number of aliphatic hydroxyl groups is 1. The molecule has 0 aromatic carbocycles. The van der Waals surface area contributed by atoms with Gasteiger partial charge in [0.2, 0.25) is 0 Å². The summed E-state index contributed by atoms with van der Waals surface area (Å²) in [6.07, 6.45) is 4.72. The van der Waals surface area contributed by atoms with E-state index in [-0.39, 0.29) is 11.8 Å². The van der Waals surface area contributed by atoms with Crippen molar-refractivity contribution in [3.05, 3.63) is 0 Å².